The average Bonchev–Trinajstić information content (AvgIpc) is 2.74. The molecule has 0 saturated heterocycles. The highest BCUT2D eigenvalue weighted by Crippen LogP contribution is 2.31. The fraction of sp³-hybridized carbons (Fsp3) is 0.174. The quantitative estimate of drug-likeness (QED) is 0.227. The standard InChI is InChI=1S/C23H17F6NO3/c1-3-6-16(20(4-2)33-23(27,28)29)14-30-21(31)15-7-5-8-19(13-15)32-18-11-9-17(10-12-18)22(24,25)26/h2-3,5-13H,14H2,1H3,(H,30,31)/b6-3-,20-16-. The zero-order chi connectivity index (χ0) is 24.6. The van der Waals surface area contributed by atoms with Crippen LogP contribution in [0.2, 0.25) is 0 Å². The van der Waals surface area contributed by atoms with Gasteiger partial charge in [0.15, 0.2) is 5.76 Å². The van der Waals surface area contributed by atoms with Gasteiger partial charge in [-0.3, -0.25) is 4.79 Å². The van der Waals surface area contributed by atoms with E-state index >= 15 is 0 Å². The third-order valence-corrected chi connectivity index (χ3v) is 3.96. The van der Waals surface area contributed by atoms with E-state index in [1.165, 1.54) is 36.4 Å². The molecule has 0 radical (unpaired) electrons. The highest BCUT2D eigenvalue weighted by Gasteiger charge is 2.32. The summed E-state index contributed by atoms with van der Waals surface area (Å²) in [5.74, 6) is 0.631. The van der Waals surface area contributed by atoms with E-state index in [-0.39, 0.29) is 29.2 Å². The molecule has 0 bridgehead atoms. The van der Waals surface area contributed by atoms with Gasteiger partial charge >= 0.3 is 12.5 Å². The summed E-state index contributed by atoms with van der Waals surface area (Å²) in [6.45, 7) is 1.19. The zero-order valence-electron chi connectivity index (χ0n) is 17.1. The number of rotatable bonds is 7. The van der Waals surface area contributed by atoms with Gasteiger partial charge in [-0.2, -0.15) is 13.2 Å². The lowest BCUT2D eigenvalue weighted by Crippen LogP contribution is -2.26. The van der Waals surface area contributed by atoms with E-state index in [0.717, 1.165) is 24.3 Å². The molecule has 2 aromatic carbocycles. The largest absolute Gasteiger partial charge is 0.573 e. The second-order valence-corrected chi connectivity index (χ2v) is 6.38. The van der Waals surface area contributed by atoms with Gasteiger partial charge < -0.3 is 14.8 Å². The van der Waals surface area contributed by atoms with Gasteiger partial charge in [0.05, 0.1) is 5.56 Å². The number of allylic oxidation sites excluding steroid dienone is 2. The normalized spacial score (nSPS) is 12.7. The van der Waals surface area contributed by atoms with Crippen molar-refractivity contribution in [3.8, 4) is 23.8 Å². The molecule has 174 valence electrons. The lowest BCUT2D eigenvalue weighted by Gasteiger charge is -2.13. The minimum absolute atomic E-state index is 0.0807. The second-order valence-electron chi connectivity index (χ2n) is 6.38. The number of carbonyl (C=O) groups is 1. The van der Waals surface area contributed by atoms with Crippen LogP contribution in [0.3, 0.4) is 0 Å². The van der Waals surface area contributed by atoms with Crippen LogP contribution in [-0.4, -0.2) is 18.8 Å². The Morgan fingerprint density at radius 2 is 1.73 bits per heavy atom. The number of alkyl halides is 6. The second kappa shape index (κ2) is 10.6. The van der Waals surface area contributed by atoms with Crippen molar-refractivity contribution in [1.29, 1.82) is 0 Å². The summed E-state index contributed by atoms with van der Waals surface area (Å²) >= 11 is 0. The molecule has 0 unspecified atom stereocenters. The molecule has 2 aromatic rings. The van der Waals surface area contributed by atoms with Crippen LogP contribution < -0.4 is 10.1 Å². The first-order valence-corrected chi connectivity index (χ1v) is 9.24. The van der Waals surface area contributed by atoms with E-state index in [9.17, 15) is 31.1 Å². The number of nitrogens with one attached hydrogen (secondary N) is 1. The van der Waals surface area contributed by atoms with Crippen molar-refractivity contribution in [1.82, 2.24) is 5.32 Å². The van der Waals surface area contributed by atoms with Crippen molar-refractivity contribution in [3.63, 3.8) is 0 Å². The molecule has 0 fully saturated rings. The molecule has 10 heteroatoms. The number of benzene rings is 2. The molecule has 0 atom stereocenters. The van der Waals surface area contributed by atoms with E-state index in [1.807, 2.05) is 0 Å². The summed E-state index contributed by atoms with van der Waals surface area (Å²) in [6, 6.07) is 9.66. The van der Waals surface area contributed by atoms with Crippen molar-refractivity contribution in [3.05, 3.63) is 83.1 Å². The van der Waals surface area contributed by atoms with Gasteiger partial charge in [-0.05, 0) is 55.3 Å². The van der Waals surface area contributed by atoms with Crippen LogP contribution in [0.25, 0.3) is 0 Å². The molecule has 0 aromatic heterocycles. The van der Waals surface area contributed by atoms with Crippen LogP contribution >= 0.6 is 0 Å². The molecule has 0 aliphatic rings. The summed E-state index contributed by atoms with van der Waals surface area (Å²) in [7, 11) is 0. The number of hydrogen-bond donors (Lipinski definition) is 1. The molecule has 0 aliphatic heterocycles. The van der Waals surface area contributed by atoms with Gasteiger partial charge in [0.25, 0.3) is 5.91 Å². The molecule has 4 nitrogen and oxygen atoms in total. The van der Waals surface area contributed by atoms with E-state index < -0.39 is 29.8 Å². The Morgan fingerprint density at radius 3 is 2.27 bits per heavy atom. The van der Waals surface area contributed by atoms with Crippen LogP contribution in [0.5, 0.6) is 11.5 Å². The molecule has 0 heterocycles. The van der Waals surface area contributed by atoms with Crippen molar-refractivity contribution in [2.45, 2.75) is 19.5 Å². The summed E-state index contributed by atoms with van der Waals surface area (Å²) in [5.41, 5.74) is -0.824. The Balaban J connectivity index is 2.13. The number of halogens is 6. The summed E-state index contributed by atoms with van der Waals surface area (Å²) < 4.78 is 84.8. The summed E-state index contributed by atoms with van der Waals surface area (Å²) in [5, 5.41) is 2.43. The van der Waals surface area contributed by atoms with Gasteiger partial charge in [0.2, 0.25) is 0 Å². The minimum atomic E-state index is -5.00. The third-order valence-electron chi connectivity index (χ3n) is 3.96. The lowest BCUT2D eigenvalue weighted by molar-refractivity contribution is -0.303. The van der Waals surface area contributed by atoms with Crippen molar-refractivity contribution in [2.75, 3.05) is 6.54 Å². The first-order chi connectivity index (χ1) is 15.4. The van der Waals surface area contributed by atoms with E-state index in [0.29, 0.717) is 0 Å². The van der Waals surface area contributed by atoms with Crippen LogP contribution in [0.4, 0.5) is 26.3 Å². The van der Waals surface area contributed by atoms with Gasteiger partial charge in [-0.15, -0.1) is 19.6 Å². The summed E-state index contributed by atoms with van der Waals surface area (Å²) in [6.07, 6.45) is -1.69. The fourth-order valence-corrected chi connectivity index (χ4v) is 2.55. The molecule has 0 saturated carbocycles. The molecular weight excluding hydrogens is 452 g/mol. The summed E-state index contributed by atoms with van der Waals surface area (Å²) in [4.78, 5) is 12.5. The topological polar surface area (TPSA) is 47.6 Å². The van der Waals surface area contributed by atoms with Crippen LogP contribution in [0.1, 0.15) is 22.8 Å². The minimum Gasteiger partial charge on any atom is -0.457 e. The molecule has 2 rings (SSSR count). The van der Waals surface area contributed by atoms with Crippen molar-refractivity contribution in [2.24, 2.45) is 0 Å². The molecule has 0 aliphatic carbocycles. The predicted octanol–water partition coefficient (Wildman–Crippen LogP) is 6.23. The Labute approximate surface area is 185 Å². The van der Waals surface area contributed by atoms with Gasteiger partial charge in [0, 0.05) is 17.7 Å². The Morgan fingerprint density at radius 1 is 1.06 bits per heavy atom. The molecule has 33 heavy (non-hydrogen) atoms. The van der Waals surface area contributed by atoms with Gasteiger partial charge in [0.1, 0.15) is 11.5 Å². The SMILES string of the molecule is C#C/C(OC(F)(F)F)=C(\C=C/C)CNC(=O)c1cccc(Oc2ccc(C(F)(F)F)cc2)c1. The van der Waals surface area contributed by atoms with Crippen LogP contribution in [0, 0.1) is 12.3 Å². The Kier molecular flexibility index (Phi) is 8.18. The Bertz CT molecular complexity index is 1080. The monoisotopic (exact) mass is 469 g/mol. The number of amides is 1. The van der Waals surface area contributed by atoms with Gasteiger partial charge in [-0.1, -0.05) is 18.2 Å². The number of terminal acetylenes is 1. The lowest BCUT2D eigenvalue weighted by atomic mass is 10.1. The van der Waals surface area contributed by atoms with E-state index in [1.54, 1.807) is 12.8 Å². The van der Waals surface area contributed by atoms with Crippen LogP contribution in [0.15, 0.2) is 72.0 Å². The third kappa shape index (κ3) is 7.96. The van der Waals surface area contributed by atoms with Crippen molar-refractivity contribution >= 4 is 5.91 Å². The van der Waals surface area contributed by atoms with E-state index in [2.05, 4.69) is 10.1 Å². The number of ether oxygens (including phenoxy) is 2. The zero-order valence-corrected chi connectivity index (χ0v) is 17.1. The van der Waals surface area contributed by atoms with Crippen LogP contribution in [-0.2, 0) is 10.9 Å². The maximum atomic E-state index is 12.7. The van der Waals surface area contributed by atoms with Gasteiger partial charge in [-0.25, -0.2) is 0 Å². The molecular formula is C23H17F6NO3. The highest BCUT2D eigenvalue weighted by atomic mass is 19.4. The Hall–Kier alpha value is -3.87. The van der Waals surface area contributed by atoms with Crippen molar-refractivity contribution < 1.29 is 40.6 Å². The fourth-order valence-electron chi connectivity index (χ4n) is 2.55. The smallest absolute Gasteiger partial charge is 0.457 e. The van der Waals surface area contributed by atoms with E-state index in [4.69, 9.17) is 11.2 Å². The highest BCUT2D eigenvalue weighted by molar-refractivity contribution is 5.94. The molecule has 1 amide bonds. The maximum absolute atomic E-state index is 12.7. The number of hydrogen-bond acceptors (Lipinski definition) is 3. The first-order valence-electron chi connectivity index (χ1n) is 9.24. The number of carbonyl (C=O) groups excluding carboxylic acids is 1. The average molecular weight is 469 g/mol. The molecule has 0 spiro atoms. The first kappa shape index (κ1) is 25.4. The maximum Gasteiger partial charge on any atom is 0.573 e. The predicted molar refractivity (Wildman–Crippen MR) is 108 cm³/mol. The molecule has 1 N–H and O–H groups in total.